The Kier molecular flexibility index (Phi) is 5.53. The molecule has 0 bridgehead atoms. The Balaban J connectivity index is 1.28. The van der Waals surface area contributed by atoms with E-state index in [0.29, 0.717) is 5.91 Å². The van der Waals surface area contributed by atoms with Gasteiger partial charge in [-0.25, -0.2) is 9.97 Å². The second-order valence-corrected chi connectivity index (χ2v) is 7.60. The third-order valence-electron chi connectivity index (χ3n) is 5.87. The van der Waals surface area contributed by atoms with Crippen LogP contribution in [0.25, 0.3) is 0 Å². The van der Waals surface area contributed by atoms with Crippen LogP contribution in [0.3, 0.4) is 0 Å². The van der Waals surface area contributed by atoms with Crippen LogP contribution in [-0.4, -0.2) is 84.6 Å². The number of rotatable bonds is 5. The number of hydrogen-bond donors (Lipinski definition) is 0. The van der Waals surface area contributed by atoms with E-state index in [1.54, 1.807) is 6.33 Å². The second kappa shape index (κ2) is 8.20. The number of aromatic nitrogens is 2. The minimum Gasteiger partial charge on any atom is -0.356 e. The number of piperidine rings is 1. The van der Waals surface area contributed by atoms with E-state index in [1.807, 2.05) is 4.90 Å². The number of carbonyl (C=O) groups excluding carboxylic acids is 1. The largest absolute Gasteiger partial charge is 0.356 e. The van der Waals surface area contributed by atoms with Gasteiger partial charge in [-0.1, -0.05) is 0 Å². The minimum atomic E-state index is 0.329. The van der Waals surface area contributed by atoms with E-state index in [4.69, 9.17) is 0 Å². The highest BCUT2D eigenvalue weighted by atomic mass is 16.2. The van der Waals surface area contributed by atoms with Crippen LogP contribution in [0.1, 0.15) is 32.1 Å². The highest BCUT2D eigenvalue weighted by Gasteiger charge is 2.23. The van der Waals surface area contributed by atoms with Gasteiger partial charge in [0.1, 0.15) is 18.0 Å². The topological polar surface area (TPSA) is 55.8 Å². The molecule has 3 fully saturated rings. The van der Waals surface area contributed by atoms with Crippen LogP contribution in [0.5, 0.6) is 0 Å². The molecule has 1 aromatic rings. The molecule has 0 radical (unpaired) electrons. The van der Waals surface area contributed by atoms with Crippen LogP contribution < -0.4 is 9.80 Å². The van der Waals surface area contributed by atoms with Crippen LogP contribution in [-0.2, 0) is 4.79 Å². The number of hydrogen-bond acceptors (Lipinski definition) is 6. The lowest BCUT2D eigenvalue weighted by atomic mass is 10.1. The predicted octanol–water partition coefficient (Wildman–Crippen LogP) is 1.21. The maximum atomic E-state index is 11.7. The molecule has 0 aromatic carbocycles. The van der Waals surface area contributed by atoms with Crippen molar-refractivity contribution < 1.29 is 4.79 Å². The fourth-order valence-electron chi connectivity index (χ4n) is 4.21. The van der Waals surface area contributed by atoms with Crippen LogP contribution in [0.2, 0.25) is 0 Å². The Morgan fingerprint density at radius 3 is 2.12 bits per heavy atom. The molecule has 26 heavy (non-hydrogen) atoms. The van der Waals surface area contributed by atoms with Gasteiger partial charge in [0.2, 0.25) is 5.91 Å². The van der Waals surface area contributed by atoms with Crippen LogP contribution >= 0.6 is 0 Å². The zero-order chi connectivity index (χ0) is 17.8. The predicted molar refractivity (Wildman–Crippen MR) is 103 cm³/mol. The summed E-state index contributed by atoms with van der Waals surface area (Å²) in [6, 6.07) is 2.16. The highest BCUT2D eigenvalue weighted by molar-refractivity contribution is 5.78. The average Bonchev–Trinajstić information content (AvgIpc) is 3.12. The molecule has 1 amide bonds. The maximum absolute atomic E-state index is 11.7. The summed E-state index contributed by atoms with van der Waals surface area (Å²) in [5, 5.41) is 0. The molecular weight excluding hydrogens is 328 g/mol. The lowest BCUT2D eigenvalue weighted by Gasteiger charge is -2.36. The van der Waals surface area contributed by atoms with E-state index in [9.17, 15) is 4.79 Å². The summed E-state index contributed by atoms with van der Waals surface area (Å²) in [5.74, 6) is 2.45. The van der Waals surface area contributed by atoms with Gasteiger partial charge >= 0.3 is 0 Å². The molecule has 142 valence electrons. The Bertz CT molecular complexity index is 610. The van der Waals surface area contributed by atoms with Crippen molar-refractivity contribution in [2.75, 3.05) is 68.7 Å². The van der Waals surface area contributed by atoms with Crippen molar-refractivity contribution in [3.05, 3.63) is 12.4 Å². The summed E-state index contributed by atoms with van der Waals surface area (Å²) in [7, 11) is 0. The molecule has 0 spiro atoms. The van der Waals surface area contributed by atoms with E-state index in [-0.39, 0.29) is 0 Å². The Morgan fingerprint density at radius 2 is 1.46 bits per heavy atom. The van der Waals surface area contributed by atoms with Gasteiger partial charge < -0.3 is 14.7 Å². The monoisotopic (exact) mass is 358 g/mol. The summed E-state index contributed by atoms with van der Waals surface area (Å²) in [5.41, 5.74) is 0. The molecule has 0 N–H and O–H groups in total. The van der Waals surface area contributed by atoms with E-state index in [1.165, 1.54) is 19.3 Å². The molecule has 3 aliphatic heterocycles. The highest BCUT2D eigenvalue weighted by Crippen LogP contribution is 2.22. The molecule has 3 saturated heterocycles. The number of piperazine rings is 1. The first-order chi connectivity index (χ1) is 12.8. The normalized spacial score (nSPS) is 22.3. The molecule has 7 nitrogen and oxygen atoms in total. The molecule has 4 heterocycles. The summed E-state index contributed by atoms with van der Waals surface area (Å²) in [4.78, 5) is 30.0. The van der Waals surface area contributed by atoms with Crippen molar-refractivity contribution in [3.8, 4) is 0 Å². The molecule has 3 aliphatic rings. The molecule has 7 heteroatoms. The smallest absolute Gasteiger partial charge is 0.222 e. The Hall–Kier alpha value is -1.89. The molecule has 0 atom stereocenters. The number of likely N-dealkylation sites (tertiary alicyclic amines) is 1. The average molecular weight is 358 g/mol. The van der Waals surface area contributed by atoms with E-state index in [0.717, 1.165) is 83.4 Å². The molecule has 0 unspecified atom stereocenters. The number of anilines is 2. The minimum absolute atomic E-state index is 0.329. The lowest BCUT2D eigenvalue weighted by Crippen LogP contribution is -2.49. The molecule has 0 saturated carbocycles. The third-order valence-corrected chi connectivity index (χ3v) is 5.87. The number of carbonyl (C=O) groups is 1. The van der Waals surface area contributed by atoms with Crippen molar-refractivity contribution >= 4 is 17.5 Å². The van der Waals surface area contributed by atoms with Crippen molar-refractivity contribution in [3.63, 3.8) is 0 Å². The summed E-state index contributed by atoms with van der Waals surface area (Å²) in [6.07, 6.45) is 7.33. The lowest BCUT2D eigenvalue weighted by molar-refractivity contribution is -0.127. The van der Waals surface area contributed by atoms with Crippen LogP contribution in [0, 0.1) is 0 Å². The van der Waals surface area contributed by atoms with Gasteiger partial charge in [-0.05, 0) is 25.7 Å². The van der Waals surface area contributed by atoms with Gasteiger partial charge in [-0.3, -0.25) is 9.69 Å². The first-order valence-electron chi connectivity index (χ1n) is 10.1. The number of amides is 1. The zero-order valence-corrected chi connectivity index (χ0v) is 15.6. The van der Waals surface area contributed by atoms with Crippen molar-refractivity contribution in [2.24, 2.45) is 0 Å². The van der Waals surface area contributed by atoms with Gasteiger partial charge in [0.15, 0.2) is 0 Å². The summed E-state index contributed by atoms with van der Waals surface area (Å²) < 4.78 is 0. The van der Waals surface area contributed by atoms with Gasteiger partial charge in [0.25, 0.3) is 0 Å². The first-order valence-corrected chi connectivity index (χ1v) is 10.1. The third kappa shape index (κ3) is 4.09. The molecule has 0 aliphatic carbocycles. The second-order valence-electron chi connectivity index (χ2n) is 7.60. The van der Waals surface area contributed by atoms with Gasteiger partial charge in [0, 0.05) is 71.4 Å². The van der Waals surface area contributed by atoms with E-state index < -0.39 is 0 Å². The molecule has 4 rings (SSSR count). The van der Waals surface area contributed by atoms with Crippen molar-refractivity contribution in [1.29, 1.82) is 0 Å². The standard InChI is InChI=1S/C19H30N6O/c26-19-5-4-8-25(19)14-11-22-9-12-24(13-10-22)18-15-17(20-16-21-18)23-6-2-1-3-7-23/h15-16H,1-14H2. The van der Waals surface area contributed by atoms with Gasteiger partial charge in [-0.2, -0.15) is 0 Å². The molecular formula is C19H30N6O. The maximum Gasteiger partial charge on any atom is 0.222 e. The van der Waals surface area contributed by atoms with E-state index in [2.05, 4.69) is 30.7 Å². The van der Waals surface area contributed by atoms with E-state index >= 15 is 0 Å². The fourth-order valence-corrected chi connectivity index (χ4v) is 4.21. The molecule has 1 aromatic heterocycles. The summed E-state index contributed by atoms with van der Waals surface area (Å²) >= 11 is 0. The van der Waals surface area contributed by atoms with Crippen LogP contribution in [0.4, 0.5) is 11.6 Å². The van der Waals surface area contributed by atoms with Crippen molar-refractivity contribution in [2.45, 2.75) is 32.1 Å². The van der Waals surface area contributed by atoms with Gasteiger partial charge in [-0.15, -0.1) is 0 Å². The van der Waals surface area contributed by atoms with Crippen LogP contribution in [0.15, 0.2) is 12.4 Å². The first kappa shape index (κ1) is 17.5. The Morgan fingerprint density at radius 1 is 0.769 bits per heavy atom. The van der Waals surface area contributed by atoms with Crippen molar-refractivity contribution in [1.82, 2.24) is 19.8 Å². The Labute approximate surface area is 156 Å². The summed E-state index contributed by atoms with van der Waals surface area (Å²) in [6.45, 7) is 9.08. The quantitative estimate of drug-likeness (QED) is 0.789. The SMILES string of the molecule is O=C1CCCN1CCN1CCN(c2cc(N3CCCCC3)ncn2)CC1. The zero-order valence-electron chi connectivity index (χ0n) is 15.6. The van der Waals surface area contributed by atoms with Gasteiger partial charge in [0.05, 0.1) is 0 Å². The fraction of sp³-hybridized carbons (Fsp3) is 0.737. The number of nitrogens with zero attached hydrogens (tertiary/aromatic N) is 6.